The standard InChI is InChI=1S/C23H28N2O3/c1-27-20-10-8-17(9-11-20)23-13-18-5-2-3-7-22(18)25(23)16-19(26)14-24-15-21-6-4-12-28-21/h2-3,5,7-11,13,19,21,24,26H,4,6,12,14-16H2,1H3. The van der Waals surface area contributed by atoms with Crippen molar-refractivity contribution >= 4 is 10.9 Å². The molecule has 2 atom stereocenters. The van der Waals surface area contributed by atoms with Gasteiger partial charge in [0.2, 0.25) is 0 Å². The van der Waals surface area contributed by atoms with E-state index in [-0.39, 0.29) is 6.10 Å². The number of nitrogens with one attached hydrogen (secondary N) is 1. The van der Waals surface area contributed by atoms with E-state index >= 15 is 0 Å². The molecule has 5 nitrogen and oxygen atoms in total. The Hall–Kier alpha value is -2.34. The number of rotatable bonds is 8. The molecular formula is C23H28N2O3. The van der Waals surface area contributed by atoms with Crippen molar-refractivity contribution in [3.63, 3.8) is 0 Å². The van der Waals surface area contributed by atoms with Crippen LogP contribution in [0.25, 0.3) is 22.2 Å². The quantitative estimate of drug-likeness (QED) is 0.629. The molecule has 4 rings (SSSR count). The fourth-order valence-electron chi connectivity index (χ4n) is 3.90. The smallest absolute Gasteiger partial charge is 0.118 e. The first-order chi connectivity index (χ1) is 13.7. The molecule has 2 unspecified atom stereocenters. The third-order valence-corrected chi connectivity index (χ3v) is 5.37. The molecule has 0 bridgehead atoms. The number of hydrogen-bond donors (Lipinski definition) is 2. The molecule has 5 heteroatoms. The summed E-state index contributed by atoms with van der Waals surface area (Å²) in [5.74, 6) is 0.838. The Kier molecular flexibility index (Phi) is 5.95. The summed E-state index contributed by atoms with van der Waals surface area (Å²) < 4.78 is 13.1. The zero-order valence-corrected chi connectivity index (χ0v) is 16.3. The maximum absolute atomic E-state index is 10.7. The summed E-state index contributed by atoms with van der Waals surface area (Å²) in [4.78, 5) is 0. The van der Waals surface area contributed by atoms with Crippen LogP contribution in [0.2, 0.25) is 0 Å². The Labute approximate surface area is 165 Å². The molecule has 1 aliphatic heterocycles. The van der Waals surface area contributed by atoms with Crippen LogP contribution in [-0.2, 0) is 11.3 Å². The molecule has 0 spiro atoms. The van der Waals surface area contributed by atoms with Crippen molar-refractivity contribution in [2.45, 2.75) is 31.6 Å². The normalized spacial score (nSPS) is 17.9. The van der Waals surface area contributed by atoms with E-state index in [1.165, 1.54) is 5.39 Å². The van der Waals surface area contributed by atoms with Crippen molar-refractivity contribution < 1.29 is 14.6 Å². The summed E-state index contributed by atoms with van der Waals surface area (Å²) in [7, 11) is 1.67. The van der Waals surface area contributed by atoms with E-state index in [4.69, 9.17) is 9.47 Å². The molecule has 0 amide bonds. The molecule has 2 aromatic carbocycles. The van der Waals surface area contributed by atoms with E-state index in [2.05, 4.69) is 40.2 Å². The van der Waals surface area contributed by atoms with Gasteiger partial charge in [-0.2, -0.15) is 0 Å². The monoisotopic (exact) mass is 380 g/mol. The number of para-hydroxylation sites is 1. The van der Waals surface area contributed by atoms with Crippen LogP contribution in [0.15, 0.2) is 54.6 Å². The second-order valence-electron chi connectivity index (χ2n) is 7.37. The average Bonchev–Trinajstić information content (AvgIpc) is 3.36. The Balaban J connectivity index is 1.52. The number of fused-ring (bicyclic) bond motifs is 1. The van der Waals surface area contributed by atoms with Crippen LogP contribution in [0.5, 0.6) is 5.75 Å². The van der Waals surface area contributed by atoms with Crippen LogP contribution in [0.3, 0.4) is 0 Å². The maximum atomic E-state index is 10.7. The van der Waals surface area contributed by atoms with Gasteiger partial charge < -0.3 is 24.5 Å². The van der Waals surface area contributed by atoms with E-state index in [0.717, 1.165) is 48.5 Å². The lowest BCUT2D eigenvalue weighted by atomic mass is 10.1. The second-order valence-corrected chi connectivity index (χ2v) is 7.37. The molecule has 1 aromatic heterocycles. The zero-order chi connectivity index (χ0) is 19.3. The van der Waals surface area contributed by atoms with Gasteiger partial charge in [-0.05, 0) is 54.8 Å². The van der Waals surface area contributed by atoms with Crippen LogP contribution in [0, 0.1) is 0 Å². The minimum atomic E-state index is -0.478. The molecule has 148 valence electrons. The van der Waals surface area contributed by atoms with Crippen molar-refractivity contribution in [3.8, 4) is 17.0 Å². The first kappa shape index (κ1) is 19.0. The van der Waals surface area contributed by atoms with Crippen molar-refractivity contribution in [3.05, 3.63) is 54.6 Å². The lowest BCUT2D eigenvalue weighted by molar-refractivity contribution is 0.101. The van der Waals surface area contributed by atoms with Crippen LogP contribution >= 0.6 is 0 Å². The highest BCUT2D eigenvalue weighted by atomic mass is 16.5. The Morgan fingerprint density at radius 3 is 2.79 bits per heavy atom. The van der Waals surface area contributed by atoms with E-state index in [1.54, 1.807) is 7.11 Å². The van der Waals surface area contributed by atoms with E-state index in [1.807, 2.05) is 24.3 Å². The number of aliphatic hydroxyl groups excluding tert-OH is 1. The third kappa shape index (κ3) is 4.22. The van der Waals surface area contributed by atoms with Gasteiger partial charge in [-0.3, -0.25) is 0 Å². The highest BCUT2D eigenvalue weighted by Crippen LogP contribution is 2.29. The first-order valence-corrected chi connectivity index (χ1v) is 9.97. The summed E-state index contributed by atoms with van der Waals surface area (Å²) in [6.07, 6.45) is 2.05. The molecule has 1 aliphatic rings. The molecule has 1 fully saturated rings. The highest BCUT2D eigenvalue weighted by molar-refractivity contribution is 5.87. The molecule has 1 saturated heterocycles. The van der Waals surface area contributed by atoms with Gasteiger partial charge in [0.25, 0.3) is 0 Å². The SMILES string of the molecule is COc1ccc(-c2cc3ccccc3n2CC(O)CNCC2CCCO2)cc1. The van der Waals surface area contributed by atoms with Gasteiger partial charge in [0.05, 0.1) is 25.9 Å². The molecule has 2 heterocycles. The predicted molar refractivity (Wildman–Crippen MR) is 112 cm³/mol. The number of methoxy groups -OCH3 is 1. The van der Waals surface area contributed by atoms with Gasteiger partial charge in [0, 0.05) is 36.3 Å². The molecule has 0 radical (unpaired) electrons. The average molecular weight is 380 g/mol. The van der Waals surface area contributed by atoms with Crippen molar-refractivity contribution in [1.82, 2.24) is 9.88 Å². The lowest BCUT2D eigenvalue weighted by Gasteiger charge is -2.18. The zero-order valence-electron chi connectivity index (χ0n) is 16.3. The number of aromatic nitrogens is 1. The highest BCUT2D eigenvalue weighted by Gasteiger charge is 2.17. The van der Waals surface area contributed by atoms with E-state index < -0.39 is 6.10 Å². The summed E-state index contributed by atoms with van der Waals surface area (Å²) in [6, 6.07) is 18.5. The molecule has 28 heavy (non-hydrogen) atoms. The predicted octanol–water partition coefficient (Wildman–Crippen LogP) is 3.45. The number of benzene rings is 2. The van der Waals surface area contributed by atoms with Crippen LogP contribution in [0.1, 0.15) is 12.8 Å². The fourth-order valence-corrected chi connectivity index (χ4v) is 3.90. The lowest BCUT2D eigenvalue weighted by Crippen LogP contribution is -2.35. The van der Waals surface area contributed by atoms with E-state index in [9.17, 15) is 5.11 Å². The Morgan fingerprint density at radius 1 is 1.21 bits per heavy atom. The Bertz CT molecular complexity index is 898. The van der Waals surface area contributed by atoms with Crippen LogP contribution in [0.4, 0.5) is 0 Å². The van der Waals surface area contributed by atoms with Gasteiger partial charge in [-0.1, -0.05) is 18.2 Å². The summed E-state index contributed by atoms with van der Waals surface area (Å²) in [6.45, 7) is 2.74. The van der Waals surface area contributed by atoms with Gasteiger partial charge in [-0.15, -0.1) is 0 Å². The van der Waals surface area contributed by atoms with E-state index in [0.29, 0.717) is 13.1 Å². The first-order valence-electron chi connectivity index (χ1n) is 9.97. The largest absolute Gasteiger partial charge is 0.497 e. The second kappa shape index (κ2) is 8.78. The minimum absolute atomic E-state index is 0.287. The molecule has 2 N–H and O–H groups in total. The molecule has 3 aromatic rings. The van der Waals surface area contributed by atoms with Gasteiger partial charge in [0.15, 0.2) is 0 Å². The van der Waals surface area contributed by atoms with Crippen LogP contribution < -0.4 is 10.1 Å². The van der Waals surface area contributed by atoms with Crippen molar-refractivity contribution in [1.29, 1.82) is 0 Å². The number of ether oxygens (including phenoxy) is 2. The van der Waals surface area contributed by atoms with Crippen molar-refractivity contribution in [2.75, 3.05) is 26.8 Å². The number of aliphatic hydroxyl groups is 1. The maximum Gasteiger partial charge on any atom is 0.118 e. The fraction of sp³-hybridized carbons (Fsp3) is 0.391. The van der Waals surface area contributed by atoms with Gasteiger partial charge >= 0.3 is 0 Å². The number of hydrogen-bond acceptors (Lipinski definition) is 4. The van der Waals surface area contributed by atoms with Crippen molar-refractivity contribution in [2.24, 2.45) is 0 Å². The third-order valence-electron chi connectivity index (χ3n) is 5.37. The number of nitrogens with zero attached hydrogens (tertiary/aromatic N) is 1. The summed E-state index contributed by atoms with van der Waals surface area (Å²) >= 11 is 0. The minimum Gasteiger partial charge on any atom is -0.497 e. The molecular weight excluding hydrogens is 352 g/mol. The summed E-state index contributed by atoms with van der Waals surface area (Å²) in [5.41, 5.74) is 3.34. The Morgan fingerprint density at radius 2 is 2.04 bits per heavy atom. The van der Waals surface area contributed by atoms with Gasteiger partial charge in [-0.25, -0.2) is 0 Å². The molecule has 0 saturated carbocycles. The summed E-state index contributed by atoms with van der Waals surface area (Å²) in [5, 5.41) is 15.2. The van der Waals surface area contributed by atoms with Crippen LogP contribution in [-0.4, -0.2) is 48.7 Å². The topological polar surface area (TPSA) is 55.7 Å². The van der Waals surface area contributed by atoms with Gasteiger partial charge in [0.1, 0.15) is 5.75 Å². The molecule has 0 aliphatic carbocycles.